The van der Waals surface area contributed by atoms with Crippen molar-refractivity contribution in [2.24, 2.45) is 0 Å². The van der Waals surface area contributed by atoms with Crippen LogP contribution in [0.1, 0.15) is 25.0 Å². The molecule has 0 N–H and O–H groups in total. The lowest BCUT2D eigenvalue weighted by atomic mass is 10.1. The van der Waals surface area contributed by atoms with Crippen LogP contribution in [0.2, 0.25) is 0 Å². The van der Waals surface area contributed by atoms with Crippen LogP contribution in [0.3, 0.4) is 0 Å². The Bertz CT molecular complexity index is 633. The van der Waals surface area contributed by atoms with Gasteiger partial charge in [0.1, 0.15) is 0 Å². The first kappa shape index (κ1) is 19.4. The van der Waals surface area contributed by atoms with Crippen LogP contribution in [-0.4, -0.2) is 74.9 Å². The van der Waals surface area contributed by atoms with E-state index < -0.39 is 10.0 Å². The average molecular weight is 354 g/mol. The molecule has 0 radical (unpaired) electrons. The zero-order chi connectivity index (χ0) is 17.9. The van der Waals surface area contributed by atoms with Crippen LogP contribution in [0.15, 0.2) is 24.3 Å². The molecule has 1 heterocycles. The molecule has 0 spiro atoms. The fourth-order valence-electron chi connectivity index (χ4n) is 3.40. The quantitative estimate of drug-likeness (QED) is 0.782. The summed E-state index contributed by atoms with van der Waals surface area (Å²) >= 11 is 0. The second-order valence-electron chi connectivity index (χ2n) is 7.30. The molecule has 0 aromatic heterocycles. The molecule has 1 aliphatic heterocycles. The van der Waals surface area contributed by atoms with E-state index in [0.717, 1.165) is 24.2 Å². The molecule has 6 heteroatoms. The maximum absolute atomic E-state index is 12.8. The highest BCUT2D eigenvalue weighted by Crippen LogP contribution is 2.21. The zero-order valence-electron chi connectivity index (χ0n) is 15.6. The summed E-state index contributed by atoms with van der Waals surface area (Å²) in [6.45, 7) is 9.36. The van der Waals surface area contributed by atoms with E-state index in [1.165, 1.54) is 0 Å². The van der Waals surface area contributed by atoms with Gasteiger partial charge >= 0.3 is 0 Å². The summed E-state index contributed by atoms with van der Waals surface area (Å²) in [5, 5.41) is 0. The van der Waals surface area contributed by atoms with Crippen molar-refractivity contribution < 1.29 is 8.42 Å². The monoisotopic (exact) mass is 353 g/mol. The molecule has 0 aliphatic carbocycles. The normalized spacial score (nSPS) is 23.8. The van der Waals surface area contributed by atoms with Crippen molar-refractivity contribution in [1.82, 2.24) is 14.1 Å². The fraction of sp³-hybridized carbons (Fsp3) is 0.667. The topological polar surface area (TPSA) is 43.9 Å². The van der Waals surface area contributed by atoms with Gasteiger partial charge in [-0.05, 0) is 40.4 Å². The van der Waals surface area contributed by atoms with Gasteiger partial charge in [-0.3, -0.25) is 4.90 Å². The Kier molecular flexibility index (Phi) is 6.42. The van der Waals surface area contributed by atoms with Gasteiger partial charge in [-0.25, -0.2) is 8.42 Å². The number of piperazine rings is 1. The van der Waals surface area contributed by atoms with Crippen molar-refractivity contribution >= 4 is 10.0 Å². The van der Waals surface area contributed by atoms with E-state index >= 15 is 0 Å². The number of aryl methyl sites for hydroxylation is 1. The number of benzene rings is 1. The minimum absolute atomic E-state index is 0.0891. The maximum Gasteiger partial charge on any atom is 0.218 e. The fourth-order valence-corrected chi connectivity index (χ4v) is 5.06. The van der Waals surface area contributed by atoms with Gasteiger partial charge < -0.3 is 4.90 Å². The second kappa shape index (κ2) is 7.95. The van der Waals surface area contributed by atoms with Crippen LogP contribution in [-0.2, 0) is 15.8 Å². The minimum atomic E-state index is -3.28. The molecule has 0 bridgehead atoms. The third-order valence-corrected chi connectivity index (χ3v) is 6.48. The summed E-state index contributed by atoms with van der Waals surface area (Å²) in [5.41, 5.74) is 1.96. The van der Waals surface area contributed by atoms with Gasteiger partial charge in [0.15, 0.2) is 0 Å². The number of nitrogens with zero attached hydrogens (tertiary/aromatic N) is 3. The average Bonchev–Trinajstić information content (AvgIpc) is 2.45. The van der Waals surface area contributed by atoms with Crippen molar-refractivity contribution in [1.29, 1.82) is 0 Å². The van der Waals surface area contributed by atoms with Crippen LogP contribution in [0.25, 0.3) is 0 Å². The summed E-state index contributed by atoms with van der Waals surface area (Å²) in [5.74, 6) is 0.0891. The molecule has 2 rings (SSSR count). The second-order valence-corrected chi connectivity index (χ2v) is 9.27. The lowest BCUT2D eigenvalue weighted by Gasteiger charge is -2.44. The molecule has 1 fully saturated rings. The molecule has 2 atom stereocenters. The van der Waals surface area contributed by atoms with Gasteiger partial charge in [-0.15, -0.1) is 0 Å². The highest BCUT2D eigenvalue weighted by molar-refractivity contribution is 7.88. The summed E-state index contributed by atoms with van der Waals surface area (Å²) in [6, 6.07) is 8.23. The molecule has 1 aromatic rings. The largest absolute Gasteiger partial charge is 0.308 e. The standard InChI is InChI=1S/C18H31N3O2S/c1-15-7-6-8-18(11-15)14-24(22,23)20-12-16(2)21(17(3)13-20)10-9-19(4)5/h6-8,11,16-17H,9-10,12-14H2,1-5H3. The van der Waals surface area contributed by atoms with E-state index in [0.29, 0.717) is 13.1 Å². The first-order valence-corrected chi connectivity index (χ1v) is 10.2. The van der Waals surface area contributed by atoms with Gasteiger partial charge in [0.05, 0.1) is 5.75 Å². The Labute approximate surface area is 147 Å². The lowest BCUT2D eigenvalue weighted by molar-refractivity contribution is 0.0707. The van der Waals surface area contributed by atoms with E-state index in [1.807, 2.05) is 31.2 Å². The summed E-state index contributed by atoms with van der Waals surface area (Å²) < 4.78 is 27.3. The van der Waals surface area contributed by atoms with Gasteiger partial charge in [-0.2, -0.15) is 4.31 Å². The number of hydrogen-bond donors (Lipinski definition) is 0. The van der Waals surface area contributed by atoms with Crippen molar-refractivity contribution in [2.75, 3.05) is 40.3 Å². The Balaban J connectivity index is 2.04. The van der Waals surface area contributed by atoms with Crippen LogP contribution in [0, 0.1) is 6.92 Å². The van der Waals surface area contributed by atoms with Crippen LogP contribution in [0.5, 0.6) is 0 Å². The molecule has 136 valence electrons. The predicted molar refractivity (Wildman–Crippen MR) is 99.6 cm³/mol. The van der Waals surface area contributed by atoms with Crippen molar-refractivity contribution in [2.45, 2.75) is 38.6 Å². The molecule has 24 heavy (non-hydrogen) atoms. The number of sulfonamides is 1. The van der Waals surface area contributed by atoms with E-state index in [4.69, 9.17) is 0 Å². The highest BCUT2D eigenvalue weighted by Gasteiger charge is 2.35. The van der Waals surface area contributed by atoms with Gasteiger partial charge in [0.25, 0.3) is 0 Å². The Hall–Kier alpha value is -0.950. The molecule has 2 unspecified atom stereocenters. The Morgan fingerprint density at radius 2 is 1.79 bits per heavy atom. The van der Waals surface area contributed by atoms with Gasteiger partial charge in [0.2, 0.25) is 10.0 Å². The number of likely N-dealkylation sites (N-methyl/N-ethyl adjacent to an activating group) is 1. The molecule has 1 aliphatic rings. The predicted octanol–water partition coefficient (Wildman–Crippen LogP) is 1.78. The molecular weight excluding hydrogens is 322 g/mol. The number of rotatable bonds is 6. The maximum atomic E-state index is 12.8. The van der Waals surface area contributed by atoms with E-state index in [1.54, 1.807) is 4.31 Å². The molecular formula is C18H31N3O2S. The summed E-state index contributed by atoms with van der Waals surface area (Å²) in [4.78, 5) is 4.58. The van der Waals surface area contributed by atoms with E-state index in [2.05, 4.69) is 37.7 Å². The third kappa shape index (κ3) is 5.02. The summed E-state index contributed by atoms with van der Waals surface area (Å²) in [7, 11) is 0.857. The van der Waals surface area contributed by atoms with Crippen molar-refractivity contribution in [3.8, 4) is 0 Å². The van der Waals surface area contributed by atoms with Crippen molar-refractivity contribution in [3.05, 3.63) is 35.4 Å². The highest BCUT2D eigenvalue weighted by atomic mass is 32.2. The first-order chi connectivity index (χ1) is 11.2. The van der Waals surface area contributed by atoms with E-state index in [9.17, 15) is 8.42 Å². The third-order valence-electron chi connectivity index (χ3n) is 4.70. The Morgan fingerprint density at radius 3 is 2.33 bits per heavy atom. The zero-order valence-corrected chi connectivity index (χ0v) is 16.4. The minimum Gasteiger partial charge on any atom is -0.308 e. The van der Waals surface area contributed by atoms with Crippen LogP contribution < -0.4 is 0 Å². The van der Waals surface area contributed by atoms with Gasteiger partial charge in [0, 0.05) is 38.3 Å². The lowest BCUT2D eigenvalue weighted by Crippen LogP contribution is -2.59. The molecule has 1 aromatic carbocycles. The van der Waals surface area contributed by atoms with Crippen molar-refractivity contribution in [3.63, 3.8) is 0 Å². The molecule has 5 nitrogen and oxygen atoms in total. The number of hydrogen-bond acceptors (Lipinski definition) is 4. The smallest absolute Gasteiger partial charge is 0.218 e. The molecule has 1 saturated heterocycles. The SMILES string of the molecule is Cc1cccc(CS(=O)(=O)N2CC(C)N(CCN(C)C)C(C)C2)c1. The Morgan fingerprint density at radius 1 is 1.17 bits per heavy atom. The molecule has 0 amide bonds. The molecule has 0 saturated carbocycles. The first-order valence-electron chi connectivity index (χ1n) is 8.63. The summed E-state index contributed by atoms with van der Waals surface area (Å²) in [6.07, 6.45) is 0. The van der Waals surface area contributed by atoms with Crippen LogP contribution >= 0.6 is 0 Å². The van der Waals surface area contributed by atoms with Crippen LogP contribution in [0.4, 0.5) is 0 Å². The van der Waals surface area contributed by atoms with Gasteiger partial charge in [-0.1, -0.05) is 29.8 Å². The van der Waals surface area contributed by atoms with E-state index in [-0.39, 0.29) is 17.8 Å².